The lowest BCUT2D eigenvalue weighted by atomic mass is 10.2. The zero-order chi connectivity index (χ0) is 13.2. The Hall–Kier alpha value is -2.61. The van der Waals surface area contributed by atoms with Gasteiger partial charge in [0.2, 0.25) is 0 Å². The predicted octanol–water partition coefficient (Wildman–Crippen LogP) is 1.94. The van der Waals surface area contributed by atoms with Crippen LogP contribution in [0.1, 0.15) is 5.69 Å². The molecule has 5 nitrogen and oxygen atoms in total. The maximum absolute atomic E-state index is 8.76. The summed E-state index contributed by atoms with van der Waals surface area (Å²) in [5.41, 5.74) is 2.64. The van der Waals surface area contributed by atoms with Crippen LogP contribution in [-0.4, -0.2) is 30.1 Å². The van der Waals surface area contributed by atoms with Crippen LogP contribution < -0.4 is 9.80 Å². The highest BCUT2D eigenvalue weighted by Crippen LogP contribution is 2.35. The molecule has 2 heterocycles. The van der Waals surface area contributed by atoms with E-state index in [1.165, 1.54) is 11.9 Å². The number of fused-ring (bicyclic) bond motifs is 1. The van der Waals surface area contributed by atoms with E-state index in [0.717, 1.165) is 24.6 Å². The standard InChI is InChI=1S/C14H13N5/c1-18-6-7-19(13-5-3-2-4-12(13)18)14-10-16-11(8-15)9-17-14/h2-5,9-10H,6-7H2,1H3. The molecule has 3 rings (SSSR count). The van der Waals surface area contributed by atoms with Gasteiger partial charge in [-0.15, -0.1) is 0 Å². The van der Waals surface area contributed by atoms with Gasteiger partial charge in [-0.3, -0.25) is 0 Å². The molecule has 1 aromatic heterocycles. The minimum atomic E-state index is 0.339. The molecular formula is C14H13N5. The molecule has 0 fully saturated rings. The maximum atomic E-state index is 8.76. The van der Waals surface area contributed by atoms with Crippen molar-refractivity contribution in [3.63, 3.8) is 0 Å². The van der Waals surface area contributed by atoms with E-state index in [1.54, 1.807) is 6.20 Å². The zero-order valence-corrected chi connectivity index (χ0v) is 10.6. The van der Waals surface area contributed by atoms with Crippen LogP contribution in [0, 0.1) is 11.3 Å². The third kappa shape index (κ3) is 1.97. The molecule has 0 spiro atoms. The summed E-state index contributed by atoms with van der Waals surface area (Å²) in [6.07, 6.45) is 3.16. The van der Waals surface area contributed by atoms with E-state index in [4.69, 9.17) is 5.26 Å². The third-order valence-electron chi connectivity index (χ3n) is 3.27. The fraction of sp³-hybridized carbons (Fsp3) is 0.214. The van der Waals surface area contributed by atoms with E-state index in [1.807, 2.05) is 18.2 Å². The van der Waals surface area contributed by atoms with Gasteiger partial charge in [-0.05, 0) is 12.1 Å². The largest absolute Gasteiger partial charge is 0.371 e. The second kappa shape index (κ2) is 4.58. The SMILES string of the molecule is CN1CCN(c2cnc(C#N)cn2)c2ccccc21. The number of hydrogen-bond donors (Lipinski definition) is 0. The molecule has 1 aliphatic rings. The van der Waals surface area contributed by atoms with Crippen molar-refractivity contribution >= 4 is 17.2 Å². The van der Waals surface area contributed by atoms with Crippen molar-refractivity contribution in [2.45, 2.75) is 0 Å². The molecule has 2 aromatic rings. The van der Waals surface area contributed by atoms with Gasteiger partial charge in [-0.1, -0.05) is 12.1 Å². The Bertz CT molecular complexity index is 629. The van der Waals surface area contributed by atoms with E-state index in [0.29, 0.717) is 5.69 Å². The van der Waals surface area contributed by atoms with E-state index in [2.05, 4.69) is 38.9 Å². The minimum Gasteiger partial charge on any atom is -0.371 e. The molecule has 94 valence electrons. The van der Waals surface area contributed by atoms with E-state index < -0.39 is 0 Å². The first kappa shape index (κ1) is 11.5. The number of likely N-dealkylation sites (N-methyl/N-ethyl adjacent to an activating group) is 1. The monoisotopic (exact) mass is 251 g/mol. The lowest BCUT2D eigenvalue weighted by Gasteiger charge is -2.36. The molecular weight excluding hydrogens is 238 g/mol. The molecule has 1 aromatic carbocycles. The number of aromatic nitrogens is 2. The van der Waals surface area contributed by atoms with Gasteiger partial charge in [0.05, 0.1) is 23.8 Å². The Morgan fingerprint density at radius 2 is 1.89 bits per heavy atom. The number of rotatable bonds is 1. The molecule has 0 amide bonds. The van der Waals surface area contributed by atoms with Crippen LogP contribution in [0.2, 0.25) is 0 Å². The number of anilines is 3. The first-order chi connectivity index (χ1) is 9.29. The third-order valence-corrected chi connectivity index (χ3v) is 3.27. The van der Waals surface area contributed by atoms with Crippen molar-refractivity contribution in [2.24, 2.45) is 0 Å². The van der Waals surface area contributed by atoms with E-state index in [-0.39, 0.29) is 0 Å². The van der Waals surface area contributed by atoms with Gasteiger partial charge in [-0.25, -0.2) is 9.97 Å². The maximum Gasteiger partial charge on any atom is 0.158 e. The number of hydrogen-bond acceptors (Lipinski definition) is 5. The molecule has 0 saturated heterocycles. The second-order valence-electron chi connectivity index (χ2n) is 4.43. The quantitative estimate of drug-likeness (QED) is 0.775. The molecule has 0 radical (unpaired) electrons. The van der Waals surface area contributed by atoms with Gasteiger partial charge in [0, 0.05) is 20.1 Å². The molecule has 0 saturated carbocycles. The molecule has 0 unspecified atom stereocenters. The van der Waals surface area contributed by atoms with Crippen LogP contribution >= 0.6 is 0 Å². The Balaban J connectivity index is 2.02. The fourth-order valence-electron chi connectivity index (χ4n) is 2.26. The molecule has 19 heavy (non-hydrogen) atoms. The average Bonchev–Trinajstić information content (AvgIpc) is 2.48. The highest BCUT2D eigenvalue weighted by molar-refractivity contribution is 5.77. The van der Waals surface area contributed by atoms with Gasteiger partial charge < -0.3 is 9.80 Å². The summed E-state index contributed by atoms with van der Waals surface area (Å²) < 4.78 is 0. The van der Waals surface area contributed by atoms with Crippen molar-refractivity contribution in [3.05, 3.63) is 42.4 Å². The van der Waals surface area contributed by atoms with Gasteiger partial charge in [-0.2, -0.15) is 5.26 Å². The van der Waals surface area contributed by atoms with Gasteiger partial charge >= 0.3 is 0 Å². The van der Waals surface area contributed by atoms with Crippen molar-refractivity contribution in [2.75, 3.05) is 29.9 Å². The Labute approximate surface area is 111 Å². The van der Waals surface area contributed by atoms with Crippen LogP contribution in [0.5, 0.6) is 0 Å². The van der Waals surface area contributed by atoms with Crippen LogP contribution in [0.15, 0.2) is 36.7 Å². The number of nitriles is 1. The number of para-hydroxylation sites is 2. The molecule has 0 aliphatic carbocycles. The lowest BCUT2D eigenvalue weighted by molar-refractivity contribution is 0.810. The smallest absolute Gasteiger partial charge is 0.158 e. The summed E-state index contributed by atoms with van der Waals surface area (Å²) in [6, 6.07) is 10.2. The van der Waals surface area contributed by atoms with Crippen LogP contribution in [0.4, 0.5) is 17.2 Å². The summed E-state index contributed by atoms with van der Waals surface area (Å²) in [4.78, 5) is 12.8. The van der Waals surface area contributed by atoms with Crippen LogP contribution in [-0.2, 0) is 0 Å². The number of benzene rings is 1. The van der Waals surface area contributed by atoms with Crippen LogP contribution in [0.3, 0.4) is 0 Å². The van der Waals surface area contributed by atoms with Crippen molar-refractivity contribution in [1.29, 1.82) is 5.26 Å². The van der Waals surface area contributed by atoms with E-state index >= 15 is 0 Å². The van der Waals surface area contributed by atoms with Gasteiger partial charge in [0.25, 0.3) is 0 Å². The summed E-state index contributed by atoms with van der Waals surface area (Å²) in [6.45, 7) is 1.78. The summed E-state index contributed by atoms with van der Waals surface area (Å²) in [5.74, 6) is 0.777. The van der Waals surface area contributed by atoms with Gasteiger partial charge in [0.1, 0.15) is 6.07 Å². The molecule has 0 bridgehead atoms. The fourth-order valence-corrected chi connectivity index (χ4v) is 2.26. The van der Waals surface area contributed by atoms with Crippen molar-refractivity contribution in [3.8, 4) is 6.07 Å². The molecule has 0 N–H and O–H groups in total. The summed E-state index contributed by atoms with van der Waals surface area (Å²) in [7, 11) is 2.08. The molecule has 1 aliphatic heterocycles. The highest BCUT2D eigenvalue weighted by Gasteiger charge is 2.21. The average molecular weight is 251 g/mol. The first-order valence-electron chi connectivity index (χ1n) is 6.09. The van der Waals surface area contributed by atoms with Crippen molar-refractivity contribution in [1.82, 2.24) is 9.97 Å². The zero-order valence-electron chi connectivity index (χ0n) is 10.6. The Kier molecular flexibility index (Phi) is 2.76. The summed E-state index contributed by atoms with van der Waals surface area (Å²) in [5, 5.41) is 8.76. The van der Waals surface area contributed by atoms with E-state index in [9.17, 15) is 0 Å². The Morgan fingerprint density at radius 3 is 2.58 bits per heavy atom. The number of nitrogens with zero attached hydrogens (tertiary/aromatic N) is 5. The first-order valence-corrected chi connectivity index (χ1v) is 6.09. The molecule has 0 atom stereocenters. The highest BCUT2D eigenvalue weighted by atomic mass is 15.3. The van der Waals surface area contributed by atoms with Crippen molar-refractivity contribution < 1.29 is 0 Å². The van der Waals surface area contributed by atoms with Crippen LogP contribution in [0.25, 0.3) is 0 Å². The Morgan fingerprint density at radius 1 is 1.11 bits per heavy atom. The predicted molar refractivity (Wildman–Crippen MR) is 73.5 cm³/mol. The second-order valence-corrected chi connectivity index (χ2v) is 4.43. The van der Waals surface area contributed by atoms with Gasteiger partial charge in [0.15, 0.2) is 11.5 Å². The minimum absolute atomic E-state index is 0.339. The normalized spacial score (nSPS) is 13.9. The lowest BCUT2D eigenvalue weighted by Crippen LogP contribution is -2.36. The summed E-state index contributed by atoms with van der Waals surface area (Å²) >= 11 is 0. The topological polar surface area (TPSA) is 56.0 Å². The molecule has 5 heteroatoms.